The van der Waals surface area contributed by atoms with Crippen LogP contribution >= 0.6 is 0 Å². The third kappa shape index (κ3) is 3.96. The van der Waals surface area contributed by atoms with Crippen molar-refractivity contribution in [2.75, 3.05) is 12.0 Å². The molecular weight excluding hydrogens is 244 g/mol. The van der Waals surface area contributed by atoms with Crippen LogP contribution in [0.4, 0.5) is 5.69 Å². The molecule has 1 aromatic carbocycles. The van der Waals surface area contributed by atoms with E-state index in [-0.39, 0.29) is 11.8 Å². The lowest BCUT2D eigenvalue weighted by molar-refractivity contribution is -0.122. The Kier molecular flexibility index (Phi) is 5.32. The van der Waals surface area contributed by atoms with Crippen molar-refractivity contribution < 1.29 is 9.59 Å². The maximum atomic E-state index is 12.1. The van der Waals surface area contributed by atoms with E-state index in [4.69, 9.17) is 5.84 Å². The Labute approximate surface area is 112 Å². The van der Waals surface area contributed by atoms with Crippen molar-refractivity contribution in [2.45, 2.75) is 26.8 Å². The number of nitrogen functional groups attached to an aromatic ring is 1. The molecule has 0 heterocycles. The number of benzene rings is 1. The SMILES string of the molecule is CCNC(=O)C(C)NC(=O)c1cc(C)ccc1NN. The van der Waals surface area contributed by atoms with Gasteiger partial charge in [-0.15, -0.1) is 0 Å². The lowest BCUT2D eigenvalue weighted by atomic mass is 10.1. The van der Waals surface area contributed by atoms with Crippen LogP contribution in [-0.2, 0) is 4.79 Å². The van der Waals surface area contributed by atoms with Gasteiger partial charge < -0.3 is 16.1 Å². The number of hydrazine groups is 1. The van der Waals surface area contributed by atoms with E-state index in [1.807, 2.05) is 19.9 Å². The molecule has 1 unspecified atom stereocenters. The average molecular weight is 264 g/mol. The summed E-state index contributed by atoms with van der Waals surface area (Å²) in [6.45, 7) is 5.86. The minimum Gasteiger partial charge on any atom is -0.355 e. The lowest BCUT2D eigenvalue weighted by Gasteiger charge is -2.15. The highest BCUT2D eigenvalue weighted by Gasteiger charge is 2.17. The topological polar surface area (TPSA) is 96.2 Å². The number of aryl methyl sites for hydroxylation is 1. The number of hydrogen-bond acceptors (Lipinski definition) is 4. The number of nitrogens with one attached hydrogen (secondary N) is 3. The summed E-state index contributed by atoms with van der Waals surface area (Å²) in [5, 5.41) is 5.28. The predicted octanol–water partition coefficient (Wildman–Crippen LogP) is 0.535. The normalized spacial score (nSPS) is 11.6. The smallest absolute Gasteiger partial charge is 0.254 e. The van der Waals surface area contributed by atoms with Crippen LogP contribution in [0.5, 0.6) is 0 Å². The number of likely N-dealkylation sites (N-methyl/N-ethyl adjacent to an activating group) is 1. The van der Waals surface area contributed by atoms with Gasteiger partial charge in [0.25, 0.3) is 5.91 Å². The third-order valence-electron chi connectivity index (χ3n) is 2.67. The summed E-state index contributed by atoms with van der Waals surface area (Å²) in [6.07, 6.45) is 0. The van der Waals surface area contributed by atoms with E-state index in [2.05, 4.69) is 16.1 Å². The standard InChI is InChI=1S/C13H20N4O2/c1-4-15-12(18)9(3)16-13(19)10-7-8(2)5-6-11(10)17-14/h5-7,9,17H,4,14H2,1-3H3,(H,15,18)(H,16,19). The number of hydrogen-bond donors (Lipinski definition) is 4. The number of carbonyl (C=O) groups is 2. The first-order valence-corrected chi connectivity index (χ1v) is 6.15. The second-order valence-corrected chi connectivity index (χ2v) is 4.28. The molecule has 6 nitrogen and oxygen atoms in total. The maximum Gasteiger partial charge on any atom is 0.254 e. The highest BCUT2D eigenvalue weighted by molar-refractivity contribution is 6.01. The van der Waals surface area contributed by atoms with E-state index < -0.39 is 6.04 Å². The fraction of sp³-hybridized carbons (Fsp3) is 0.385. The molecule has 1 atom stereocenters. The van der Waals surface area contributed by atoms with Gasteiger partial charge in [0.05, 0.1) is 11.3 Å². The molecule has 0 aliphatic rings. The molecule has 1 aromatic rings. The second-order valence-electron chi connectivity index (χ2n) is 4.28. The zero-order valence-electron chi connectivity index (χ0n) is 11.4. The molecule has 19 heavy (non-hydrogen) atoms. The van der Waals surface area contributed by atoms with Crippen LogP contribution in [0.15, 0.2) is 18.2 Å². The molecule has 104 valence electrons. The molecule has 0 spiro atoms. The molecule has 0 saturated heterocycles. The highest BCUT2D eigenvalue weighted by Crippen LogP contribution is 2.16. The fourth-order valence-corrected chi connectivity index (χ4v) is 1.64. The first-order valence-electron chi connectivity index (χ1n) is 6.15. The van der Waals surface area contributed by atoms with E-state index in [1.165, 1.54) is 0 Å². The molecule has 0 aliphatic carbocycles. The molecule has 0 radical (unpaired) electrons. The van der Waals surface area contributed by atoms with E-state index in [0.717, 1.165) is 5.56 Å². The monoisotopic (exact) mass is 264 g/mol. The first-order chi connectivity index (χ1) is 8.99. The van der Waals surface area contributed by atoms with Crippen LogP contribution < -0.4 is 21.9 Å². The summed E-state index contributed by atoms with van der Waals surface area (Å²) in [4.78, 5) is 23.7. The van der Waals surface area contributed by atoms with Gasteiger partial charge in [-0.1, -0.05) is 11.6 Å². The second kappa shape index (κ2) is 6.75. The maximum absolute atomic E-state index is 12.1. The number of amides is 2. The zero-order valence-corrected chi connectivity index (χ0v) is 11.4. The molecule has 0 saturated carbocycles. The van der Waals surface area contributed by atoms with Crippen molar-refractivity contribution in [3.05, 3.63) is 29.3 Å². The van der Waals surface area contributed by atoms with Gasteiger partial charge in [0.2, 0.25) is 5.91 Å². The van der Waals surface area contributed by atoms with Crippen molar-refractivity contribution in [3.63, 3.8) is 0 Å². The quantitative estimate of drug-likeness (QED) is 0.461. The van der Waals surface area contributed by atoms with Crippen LogP contribution in [-0.4, -0.2) is 24.4 Å². The molecular formula is C13H20N4O2. The van der Waals surface area contributed by atoms with Crippen molar-refractivity contribution in [3.8, 4) is 0 Å². The fourth-order valence-electron chi connectivity index (χ4n) is 1.64. The van der Waals surface area contributed by atoms with Gasteiger partial charge in [-0.2, -0.15) is 0 Å². The van der Waals surface area contributed by atoms with Gasteiger partial charge in [0, 0.05) is 6.54 Å². The Morgan fingerprint density at radius 2 is 2.05 bits per heavy atom. The number of anilines is 1. The minimum absolute atomic E-state index is 0.217. The summed E-state index contributed by atoms with van der Waals surface area (Å²) < 4.78 is 0. The molecule has 0 aromatic heterocycles. The van der Waals surface area contributed by atoms with E-state index in [1.54, 1.807) is 19.1 Å². The van der Waals surface area contributed by atoms with E-state index in [0.29, 0.717) is 17.8 Å². The van der Waals surface area contributed by atoms with Crippen molar-refractivity contribution in [1.82, 2.24) is 10.6 Å². The molecule has 0 fully saturated rings. The minimum atomic E-state index is -0.599. The zero-order chi connectivity index (χ0) is 14.4. The summed E-state index contributed by atoms with van der Waals surface area (Å²) in [7, 11) is 0. The predicted molar refractivity (Wildman–Crippen MR) is 74.6 cm³/mol. The summed E-state index contributed by atoms with van der Waals surface area (Å²) in [6, 6.07) is 4.69. The molecule has 5 N–H and O–H groups in total. The van der Waals surface area contributed by atoms with Gasteiger partial charge >= 0.3 is 0 Å². The van der Waals surface area contributed by atoms with Crippen LogP contribution in [0.2, 0.25) is 0 Å². The lowest BCUT2D eigenvalue weighted by Crippen LogP contribution is -2.44. The number of nitrogens with two attached hydrogens (primary N) is 1. The van der Waals surface area contributed by atoms with Crippen molar-refractivity contribution in [1.29, 1.82) is 0 Å². The summed E-state index contributed by atoms with van der Waals surface area (Å²) in [5.41, 5.74) is 4.34. The Balaban J connectivity index is 2.83. The summed E-state index contributed by atoms with van der Waals surface area (Å²) in [5.74, 6) is 4.81. The first kappa shape index (κ1) is 15.0. The highest BCUT2D eigenvalue weighted by atomic mass is 16.2. The Hall–Kier alpha value is -2.08. The summed E-state index contributed by atoms with van der Waals surface area (Å²) >= 11 is 0. The van der Waals surface area contributed by atoms with E-state index >= 15 is 0 Å². The largest absolute Gasteiger partial charge is 0.355 e. The van der Waals surface area contributed by atoms with Crippen LogP contribution in [0.25, 0.3) is 0 Å². The third-order valence-corrected chi connectivity index (χ3v) is 2.67. The molecule has 2 amide bonds. The van der Waals surface area contributed by atoms with Crippen LogP contribution in [0, 0.1) is 6.92 Å². The average Bonchev–Trinajstić information content (AvgIpc) is 2.38. The van der Waals surface area contributed by atoms with Crippen LogP contribution in [0.3, 0.4) is 0 Å². The van der Waals surface area contributed by atoms with Crippen LogP contribution in [0.1, 0.15) is 29.8 Å². The van der Waals surface area contributed by atoms with Crippen molar-refractivity contribution >= 4 is 17.5 Å². The Morgan fingerprint density at radius 3 is 2.63 bits per heavy atom. The van der Waals surface area contributed by atoms with E-state index in [9.17, 15) is 9.59 Å². The number of rotatable bonds is 5. The molecule has 0 bridgehead atoms. The Bertz CT molecular complexity index is 474. The van der Waals surface area contributed by atoms with Crippen molar-refractivity contribution in [2.24, 2.45) is 5.84 Å². The van der Waals surface area contributed by atoms with Gasteiger partial charge in [0.15, 0.2) is 0 Å². The molecule has 0 aliphatic heterocycles. The van der Waals surface area contributed by atoms with Gasteiger partial charge in [-0.3, -0.25) is 15.4 Å². The van der Waals surface area contributed by atoms with Gasteiger partial charge in [0.1, 0.15) is 6.04 Å². The Morgan fingerprint density at radius 1 is 1.37 bits per heavy atom. The number of carbonyl (C=O) groups excluding carboxylic acids is 2. The van der Waals surface area contributed by atoms with Gasteiger partial charge in [-0.05, 0) is 32.9 Å². The van der Waals surface area contributed by atoms with Gasteiger partial charge in [-0.25, -0.2) is 0 Å². The molecule has 1 rings (SSSR count). The molecule has 6 heteroatoms.